The van der Waals surface area contributed by atoms with Gasteiger partial charge in [0.1, 0.15) is 0 Å². The number of hydrogen-bond donors (Lipinski definition) is 1. The van der Waals surface area contributed by atoms with Gasteiger partial charge in [0.15, 0.2) is 0 Å². The predicted octanol–water partition coefficient (Wildman–Crippen LogP) is 3.18. The average molecular weight is 320 g/mol. The maximum Gasteiger partial charge on any atom is 0.229 e. The molecule has 2 fully saturated rings. The second kappa shape index (κ2) is 6.40. The van der Waals surface area contributed by atoms with E-state index in [1.54, 1.807) is 0 Å². The van der Waals surface area contributed by atoms with E-state index in [-0.39, 0.29) is 17.4 Å². The zero-order valence-electron chi connectivity index (χ0n) is 13.9. The molecule has 2 aliphatic heterocycles. The van der Waals surface area contributed by atoms with Crippen molar-refractivity contribution in [1.29, 1.82) is 0 Å². The van der Waals surface area contributed by atoms with Crippen LogP contribution in [0.3, 0.4) is 0 Å². The molecule has 1 unspecified atom stereocenters. The largest absolute Gasteiger partial charge is 0.348 e. The number of hydrogen-bond acceptors (Lipinski definition) is 2. The van der Waals surface area contributed by atoms with Crippen LogP contribution in [-0.4, -0.2) is 30.4 Å². The number of amides is 1. The molecule has 0 aromatic heterocycles. The predicted molar refractivity (Wildman–Crippen MR) is 95.6 cm³/mol. The van der Waals surface area contributed by atoms with Crippen LogP contribution in [0.4, 0.5) is 0 Å². The lowest BCUT2D eigenvalue weighted by atomic mass is 9.64. The van der Waals surface area contributed by atoms with Crippen LogP contribution in [0.15, 0.2) is 60.7 Å². The fourth-order valence-electron chi connectivity index (χ4n) is 4.14. The Morgan fingerprint density at radius 3 is 2.21 bits per heavy atom. The van der Waals surface area contributed by atoms with E-state index in [0.29, 0.717) is 0 Å². The first kappa shape index (κ1) is 15.4. The minimum Gasteiger partial charge on any atom is -0.348 e. The third-order valence-corrected chi connectivity index (χ3v) is 5.72. The number of benzene rings is 2. The third-order valence-electron chi connectivity index (χ3n) is 5.72. The lowest BCUT2D eigenvalue weighted by molar-refractivity contribution is -0.151. The van der Waals surface area contributed by atoms with Gasteiger partial charge in [0.2, 0.25) is 5.91 Å². The Balaban J connectivity index is 1.37. The van der Waals surface area contributed by atoms with Crippen molar-refractivity contribution in [2.45, 2.75) is 25.3 Å². The quantitative estimate of drug-likeness (QED) is 0.878. The van der Waals surface area contributed by atoms with E-state index >= 15 is 0 Å². The molecule has 0 radical (unpaired) electrons. The Morgan fingerprint density at radius 2 is 1.58 bits per heavy atom. The van der Waals surface area contributed by atoms with Crippen LogP contribution in [0.2, 0.25) is 0 Å². The molecule has 2 aliphatic rings. The second-order valence-corrected chi connectivity index (χ2v) is 7.05. The molecule has 3 heteroatoms. The molecular weight excluding hydrogens is 296 g/mol. The van der Waals surface area contributed by atoms with Gasteiger partial charge in [-0.1, -0.05) is 60.7 Å². The molecule has 4 rings (SSSR count). The minimum absolute atomic E-state index is 0.176. The van der Waals surface area contributed by atoms with Gasteiger partial charge >= 0.3 is 0 Å². The average Bonchev–Trinajstić information content (AvgIpc) is 2.66. The van der Waals surface area contributed by atoms with Gasteiger partial charge in [-0.15, -0.1) is 0 Å². The van der Waals surface area contributed by atoms with Crippen molar-refractivity contribution in [3.8, 4) is 0 Å². The van der Waals surface area contributed by atoms with Crippen molar-refractivity contribution in [1.82, 2.24) is 10.2 Å². The van der Waals surface area contributed by atoms with E-state index < -0.39 is 0 Å². The summed E-state index contributed by atoms with van der Waals surface area (Å²) in [5.41, 5.74) is 2.46. The first-order valence-electron chi connectivity index (χ1n) is 8.90. The summed E-state index contributed by atoms with van der Waals surface area (Å²) < 4.78 is 0. The lowest BCUT2D eigenvalue weighted by Crippen LogP contribution is -2.64. The third kappa shape index (κ3) is 2.73. The molecule has 0 saturated carbocycles. The molecule has 2 aromatic rings. The molecule has 0 bridgehead atoms. The first-order valence-corrected chi connectivity index (χ1v) is 8.90. The van der Waals surface area contributed by atoms with Crippen molar-refractivity contribution in [2.24, 2.45) is 5.41 Å². The van der Waals surface area contributed by atoms with Gasteiger partial charge in [-0.2, -0.15) is 0 Å². The van der Waals surface area contributed by atoms with Crippen molar-refractivity contribution in [3.63, 3.8) is 0 Å². The maximum atomic E-state index is 12.3. The fraction of sp³-hybridized carbons (Fsp3) is 0.381. The first-order chi connectivity index (χ1) is 11.8. The highest BCUT2D eigenvalue weighted by atomic mass is 16.2. The van der Waals surface area contributed by atoms with E-state index in [4.69, 9.17) is 0 Å². The normalized spacial score (nSPS) is 22.8. The van der Waals surface area contributed by atoms with Gasteiger partial charge in [0.05, 0.1) is 11.5 Å². The van der Waals surface area contributed by atoms with Crippen molar-refractivity contribution >= 4 is 5.91 Å². The number of carbonyl (C=O) groups is 1. The Labute approximate surface area is 143 Å². The summed E-state index contributed by atoms with van der Waals surface area (Å²) in [6.07, 6.45) is 3.02. The van der Waals surface area contributed by atoms with Gasteiger partial charge in [0, 0.05) is 6.54 Å². The molecule has 1 N–H and O–H groups in total. The molecule has 24 heavy (non-hydrogen) atoms. The highest BCUT2D eigenvalue weighted by Gasteiger charge is 2.56. The summed E-state index contributed by atoms with van der Waals surface area (Å²) >= 11 is 0. The van der Waals surface area contributed by atoms with Gasteiger partial charge in [0.25, 0.3) is 0 Å². The summed E-state index contributed by atoms with van der Waals surface area (Å²) in [5.74, 6) is 0.249. The van der Waals surface area contributed by atoms with E-state index in [9.17, 15) is 4.79 Å². The fourth-order valence-corrected chi connectivity index (χ4v) is 4.14. The summed E-state index contributed by atoms with van der Waals surface area (Å²) in [6.45, 7) is 3.12. The van der Waals surface area contributed by atoms with Gasteiger partial charge in [-0.05, 0) is 43.5 Å². The van der Waals surface area contributed by atoms with Crippen LogP contribution in [0, 0.1) is 5.41 Å². The molecule has 1 amide bonds. The Bertz CT molecular complexity index is 690. The van der Waals surface area contributed by atoms with Crippen molar-refractivity contribution < 1.29 is 4.79 Å². The Hall–Kier alpha value is -2.13. The van der Waals surface area contributed by atoms with Crippen LogP contribution in [0.25, 0.3) is 0 Å². The zero-order valence-corrected chi connectivity index (χ0v) is 13.9. The SMILES string of the molecule is O=C1NC(c2ccccc2)C12CCN(CCc1ccccc1)CC2. The number of rotatable bonds is 4. The molecule has 0 aliphatic carbocycles. The second-order valence-electron chi connectivity index (χ2n) is 7.05. The molecule has 2 heterocycles. The van der Waals surface area contributed by atoms with Crippen LogP contribution in [0.1, 0.15) is 30.0 Å². The topological polar surface area (TPSA) is 32.3 Å². The summed E-state index contributed by atoms with van der Waals surface area (Å²) in [4.78, 5) is 14.9. The molecule has 1 atom stereocenters. The Kier molecular flexibility index (Phi) is 4.11. The van der Waals surface area contributed by atoms with Crippen LogP contribution in [-0.2, 0) is 11.2 Å². The van der Waals surface area contributed by atoms with Crippen LogP contribution < -0.4 is 5.32 Å². The summed E-state index contributed by atoms with van der Waals surface area (Å²) in [7, 11) is 0. The molecule has 124 valence electrons. The highest BCUT2D eigenvalue weighted by molar-refractivity contribution is 5.90. The van der Waals surface area contributed by atoms with E-state index in [1.807, 2.05) is 6.07 Å². The number of β-lactam (4-membered cyclic amide) rings is 1. The standard InChI is InChI=1S/C21H24N2O/c24-20-21(19(22-20)18-9-5-2-6-10-18)12-15-23(16-13-21)14-11-17-7-3-1-4-8-17/h1-10,19H,11-16H2,(H,22,24). The summed E-state index contributed by atoms with van der Waals surface area (Å²) in [6, 6.07) is 21.3. The van der Waals surface area contributed by atoms with Crippen LogP contribution in [0.5, 0.6) is 0 Å². The van der Waals surface area contributed by atoms with Gasteiger partial charge < -0.3 is 10.2 Å². The number of nitrogens with zero attached hydrogens (tertiary/aromatic N) is 1. The molecule has 2 aromatic carbocycles. The molecule has 2 saturated heterocycles. The number of carbonyl (C=O) groups excluding carboxylic acids is 1. The van der Waals surface area contributed by atoms with Crippen molar-refractivity contribution in [3.05, 3.63) is 71.8 Å². The van der Waals surface area contributed by atoms with Gasteiger partial charge in [-0.25, -0.2) is 0 Å². The van der Waals surface area contributed by atoms with E-state index in [1.165, 1.54) is 11.1 Å². The lowest BCUT2D eigenvalue weighted by Gasteiger charge is -2.53. The Morgan fingerprint density at radius 1 is 0.958 bits per heavy atom. The van der Waals surface area contributed by atoms with E-state index in [2.05, 4.69) is 64.8 Å². The monoisotopic (exact) mass is 320 g/mol. The number of likely N-dealkylation sites (tertiary alicyclic amines) is 1. The summed E-state index contributed by atoms with van der Waals surface area (Å²) in [5, 5.41) is 3.13. The van der Waals surface area contributed by atoms with Gasteiger partial charge in [-0.3, -0.25) is 4.79 Å². The molecule has 3 nitrogen and oxygen atoms in total. The number of nitrogens with one attached hydrogen (secondary N) is 1. The van der Waals surface area contributed by atoms with Crippen LogP contribution >= 0.6 is 0 Å². The molecule has 1 spiro atoms. The van der Waals surface area contributed by atoms with E-state index in [0.717, 1.165) is 38.9 Å². The van der Waals surface area contributed by atoms with Crippen molar-refractivity contribution in [2.75, 3.05) is 19.6 Å². The highest BCUT2D eigenvalue weighted by Crippen LogP contribution is 2.49. The number of piperidine rings is 1. The molecular formula is C21H24N2O. The minimum atomic E-state index is -0.176. The smallest absolute Gasteiger partial charge is 0.229 e. The maximum absolute atomic E-state index is 12.3. The zero-order chi connectivity index (χ0) is 16.4.